The number of carbonyl (C=O) groups is 1. The van der Waals surface area contributed by atoms with Gasteiger partial charge in [0.15, 0.2) is 0 Å². The number of benzene rings is 1. The highest BCUT2D eigenvalue weighted by atomic mass is 32.2. The lowest BCUT2D eigenvalue weighted by molar-refractivity contribution is -0.121. The summed E-state index contributed by atoms with van der Waals surface area (Å²) in [6.45, 7) is 4.65. The normalized spacial score (nSPS) is 12.9. The highest BCUT2D eigenvalue weighted by molar-refractivity contribution is 7.89. The number of nitrogens with two attached hydrogens (primary N) is 1. The van der Waals surface area contributed by atoms with Gasteiger partial charge in [-0.2, -0.15) is 0 Å². The Bertz CT molecular complexity index is 538. The zero-order valence-electron chi connectivity index (χ0n) is 11.9. The van der Waals surface area contributed by atoms with E-state index >= 15 is 0 Å². The molecule has 1 aromatic rings. The maximum Gasteiger partial charge on any atom is 0.238 e. The van der Waals surface area contributed by atoms with Crippen LogP contribution in [-0.2, 0) is 21.2 Å². The zero-order chi connectivity index (χ0) is 15.2. The summed E-state index contributed by atoms with van der Waals surface area (Å²) < 4.78 is 22.2. The molecule has 0 saturated heterocycles. The zero-order valence-corrected chi connectivity index (χ0v) is 12.7. The average Bonchev–Trinajstić information content (AvgIpc) is 2.38. The molecule has 1 unspecified atom stereocenters. The lowest BCUT2D eigenvalue weighted by Crippen LogP contribution is -2.27. The van der Waals surface area contributed by atoms with Crippen molar-refractivity contribution in [2.75, 3.05) is 6.54 Å². The number of hydrogen-bond acceptors (Lipinski definition) is 3. The minimum Gasteiger partial charge on any atom is -0.356 e. The lowest BCUT2D eigenvalue weighted by Gasteiger charge is -2.09. The van der Waals surface area contributed by atoms with E-state index in [0.29, 0.717) is 25.3 Å². The average molecular weight is 298 g/mol. The molecule has 0 radical (unpaired) electrons. The number of carbonyl (C=O) groups excluding carboxylic acids is 1. The molecule has 5 nitrogen and oxygen atoms in total. The van der Waals surface area contributed by atoms with Gasteiger partial charge in [-0.3, -0.25) is 4.79 Å². The monoisotopic (exact) mass is 298 g/mol. The molecule has 0 aromatic heterocycles. The van der Waals surface area contributed by atoms with Crippen LogP contribution in [0.15, 0.2) is 29.2 Å². The molecule has 6 heteroatoms. The van der Waals surface area contributed by atoms with Gasteiger partial charge in [-0.1, -0.05) is 32.4 Å². The second kappa shape index (κ2) is 7.40. The van der Waals surface area contributed by atoms with E-state index in [4.69, 9.17) is 5.14 Å². The summed E-state index contributed by atoms with van der Waals surface area (Å²) in [5, 5.41) is 7.88. The van der Waals surface area contributed by atoms with Gasteiger partial charge in [0.2, 0.25) is 15.9 Å². The maximum absolute atomic E-state index is 11.6. The molecular weight excluding hydrogens is 276 g/mol. The summed E-state index contributed by atoms with van der Waals surface area (Å²) in [5.41, 5.74) is 0.959. The Morgan fingerprint density at radius 1 is 1.30 bits per heavy atom. The van der Waals surface area contributed by atoms with Crippen molar-refractivity contribution in [1.82, 2.24) is 5.32 Å². The number of nitrogens with one attached hydrogen (secondary N) is 1. The Morgan fingerprint density at radius 3 is 2.40 bits per heavy atom. The minimum atomic E-state index is -3.64. The first kappa shape index (κ1) is 16.7. The second-order valence-corrected chi connectivity index (χ2v) is 6.57. The highest BCUT2D eigenvalue weighted by Crippen LogP contribution is 2.09. The van der Waals surface area contributed by atoms with Gasteiger partial charge in [0.05, 0.1) is 4.90 Å². The molecule has 1 aromatic carbocycles. The van der Waals surface area contributed by atoms with Crippen LogP contribution in [0.1, 0.15) is 32.3 Å². The summed E-state index contributed by atoms with van der Waals surface area (Å²) in [7, 11) is -3.64. The largest absolute Gasteiger partial charge is 0.356 e. The fourth-order valence-corrected chi connectivity index (χ4v) is 2.24. The smallest absolute Gasteiger partial charge is 0.238 e. The Kier molecular flexibility index (Phi) is 6.16. The third kappa shape index (κ3) is 5.71. The Morgan fingerprint density at radius 2 is 1.90 bits per heavy atom. The molecule has 3 N–H and O–H groups in total. The van der Waals surface area contributed by atoms with Crippen LogP contribution in [0.2, 0.25) is 0 Å². The third-order valence-corrected chi connectivity index (χ3v) is 4.15. The van der Waals surface area contributed by atoms with Crippen molar-refractivity contribution in [2.24, 2.45) is 11.1 Å². The van der Waals surface area contributed by atoms with Gasteiger partial charge in [0.1, 0.15) is 0 Å². The van der Waals surface area contributed by atoms with Crippen molar-refractivity contribution in [3.8, 4) is 0 Å². The standard InChI is InChI=1S/C14H22N2O3S/c1-3-11(2)10-14(17)16-9-8-12-4-6-13(7-5-12)20(15,18)19/h4-7,11H,3,8-10H2,1-2H3,(H,16,17)(H2,15,18,19). The number of amides is 1. The van der Waals surface area contributed by atoms with Crippen molar-refractivity contribution in [3.63, 3.8) is 0 Å². The van der Waals surface area contributed by atoms with Crippen LogP contribution >= 0.6 is 0 Å². The first-order valence-corrected chi connectivity index (χ1v) is 8.26. The molecule has 1 amide bonds. The van der Waals surface area contributed by atoms with Crippen molar-refractivity contribution in [1.29, 1.82) is 0 Å². The van der Waals surface area contributed by atoms with E-state index in [2.05, 4.69) is 12.2 Å². The van der Waals surface area contributed by atoms with Gasteiger partial charge < -0.3 is 5.32 Å². The van der Waals surface area contributed by atoms with Crippen LogP contribution in [0, 0.1) is 5.92 Å². The van der Waals surface area contributed by atoms with Crippen molar-refractivity contribution in [3.05, 3.63) is 29.8 Å². The number of hydrogen-bond donors (Lipinski definition) is 2. The minimum absolute atomic E-state index is 0.0560. The molecule has 0 aliphatic rings. The van der Waals surface area contributed by atoms with E-state index in [1.54, 1.807) is 12.1 Å². The van der Waals surface area contributed by atoms with Crippen LogP contribution in [0.5, 0.6) is 0 Å². The summed E-state index contributed by atoms with van der Waals surface area (Å²) >= 11 is 0. The molecule has 112 valence electrons. The summed E-state index contributed by atoms with van der Waals surface area (Å²) in [6.07, 6.45) is 2.19. The molecule has 0 bridgehead atoms. The first-order chi connectivity index (χ1) is 9.32. The highest BCUT2D eigenvalue weighted by Gasteiger charge is 2.08. The van der Waals surface area contributed by atoms with Gasteiger partial charge in [-0.15, -0.1) is 0 Å². The number of rotatable bonds is 7. The predicted molar refractivity (Wildman–Crippen MR) is 78.6 cm³/mol. The van der Waals surface area contributed by atoms with E-state index < -0.39 is 10.0 Å². The van der Waals surface area contributed by atoms with E-state index in [-0.39, 0.29) is 10.8 Å². The third-order valence-electron chi connectivity index (χ3n) is 3.22. The Labute approximate surface area is 120 Å². The first-order valence-electron chi connectivity index (χ1n) is 6.71. The van der Waals surface area contributed by atoms with Gasteiger partial charge in [0.25, 0.3) is 0 Å². The fourth-order valence-electron chi connectivity index (χ4n) is 1.73. The lowest BCUT2D eigenvalue weighted by atomic mass is 10.1. The summed E-state index contributed by atoms with van der Waals surface area (Å²) in [5.74, 6) is 0.449. The van der Waals surface area contributed by atoms with Gasteiger partial charge in [0, 0.05) is 13.0 Å². The van der Waals surface area contributed by atoms with Crippen LogP contribution < -0.4 is 10.5 Å². The SMILES string of the molecule is CCC(C)CC(=O)NCCc1ccc(S(N)(=O)=O)cc1. The molecule has 20 heavy (non-hydrogen) atoms. The molecule has 0 spiro atoms. The number of sulfonamides is 1. The molecule has 1 atom stereocenters. The summed E-state index contributed by atoms with van der Waals surface area (Å²) in [4.78, 5) is 11.7. The van der Waals surface area contributed by atoms with Crippen molar-refractivity contribution >= 4 is 15.9 Å². The molecule has 0 fully saturated rings. The van der Waals surface area contributed by atoms with Crippen LogP contribution in [0.3, 0.4) is 0 Å². The van der Waals surface area contributed by atoms with Gasteiger partial charge >= 0.3 is 0 Å². The van der Waals surface area contributed by atoms with Gasteiger partial charge in [-0.25, -0.2) is 13.6 Å². The Hall–Kier alpha value is -1.40. The van der Waals surface area contributed by atoms with Crippen LogP contribution in [0.4, 0.5) is 0 Å². The van der Waals surface area contributed by atoms with E-state index in [1.165, 1.54) is 12.1 Å². The second-order valence-electron chi connectivity index (χ2n) is 5.01. The topological polar surface area (TPSA) is 89.3 Å². The van der Waals surface area contributed by atoms with Crippen LogP contribution in [-0.4, -0.2) is 20.9 Å². The molecule has 0 aliphatic heterocycles. The van der Waals surface area contributed by atoms with Crippen LogP contribution in [0.25, 0.3) is 0 Å². The van der Waals surface area contributed by atoms with E-state index in [1.807, 2.05) is 6.92 Å². The predicted octanol–water partition coefficient (Wildman–Crippen LogP) is 1.43. The Balaban J connectivity index is 2.41. The van der Waals surface area contributed by atoms with E-state index in [9.17, 15) is 13.2 Å². The molecular formula is C14H22N2O3S. The maximum atomic E-state index is 11.6. The number of primary sulfonamides is 1. The van der Waals surface area contributed by atoms with Crippen molar-refractivity contribution < 1.29 is 13.2 Å². The van der Waals surface area contributed by atoms with Gasteiger partial charge in [-0.05, 0) is 30.0 Å². The summed E-state index contributed by atoms with van der Waals surface area (Å²) in [6, 6.07) is 6.37. The molecule has 0 saturated carbocycles. The fraction of sp³-hybridized carbons (Fsp3) is 0.500. The quantitative estimate of drug-likeness (QED) is 0.798. The van der Waals surface area contributed by atoms with Crippen molar-refractivity contribution in [2.45, 2.75) is 38.0 Å². The molecule has 0 aliphatic carbocycles. The molecule has 1 rings (SSSR count). The van der Waals surface area contributed by atoms with E-state index in [0.717, 1.165) is 12.0 Å². The molecule has 0 heterocycles.